The zero-order valence-corrected chi connectivity index (χ0v) is 13.1. The minimum atomic E-state index is -0.0182. The fourth-order valence-corrected chi connectivity index (χ4v) is 2.58. The predicted octanol–water partition coefficient (Wildman–Crippen LogP) is 3.16. The van der Waals surface area contributed by atoms with Crippen LogP contribution in [0.2, 0.25) is 0 Å². The van der Waals surface area contributed by atoms with Gasteiger partial charge in [-0.15, -0.1) is 0 Å². The van der Waals surface area contributed by atoms with E-state index in [-0.39, 0.29) is 17.3 Å². The summed E-state index contributed by atoms with van der Waals surface area (Å²) in [6.07, 6.45) is 4.80. The highest BCUT2D eigenvalue weighted by molar-refractivity contribution is 4.82. The van der Waals surface area contributed by atoms with Crippen LogP contribution in [-0.2, 0) is 9.47 Å². The molecule has 6 nitrogen and oxygen atoms in total. The predicted molar refractivity (Wildman–Crippen MR) is 79.4 cm³/mol. The first-order valence-corrected chi connectivity index (χ1v) is 7.34. The molecule has 0 aromatic carbocycles. The van der Waals surface area contributed by atoms with Crippen molar-refractivity contribution in [3.05, 3.63) is 10.4 Å². The lowest BCUT2D eigenvalue weighted by Gasteiger charge is -2.17. The second-order valence-electron chi connectivity index (χ2n) is 6.73. The Labute approximate surface area is 121 Å². The monoisotopic (exact) mass is 284 g/mol. The van der Waals surface area contributed by atoms with Crippen molar-refractivity contribution in [1.29, 1.82) is 0 Å². The molecule has 0 amide bonds. The molecular formula is C14H28N4O2. The molecule has 0 aromatic heterocycles. The lowest BCUT2D eigenvalue weighted by atomic mass is 10.1. The van der Waals surface area contributed by atoms with Gasteiger partial charge in [-0.2, -0.15) is 0 Å². The Bertz CT molecular complexity index is 351. The van der Waals surface area contributed by atoms with E-state index in [0.29, 0.717) is 19.2 Å². The highest BCUT2D eigenvalue weighted by Gasteiger charge is 2.31. The first-order valence-electron chi connectivity index (χ1n) is 7.34. The van der Waals surface area contributed by atoms with Crippen LogP contribution in [0.4, 0.5) is 0 Å². The van der Waals surface area contributed by atoms with E-state index in [1.807, 2.05) is 0 Å². The largest absolute Gasteiger partial charge is 0.372 e. The van der Waals surface area contributed by atoms with E-state index >= 15 is 0 Å². The number of hydrogen-bond acceptors (Lipinski definition) is 4. The van der Waals surface area contributed by atoms with Gasteiger partial charge in [0.15, 0.2) is 0 Å². The molecule has 0 aromatic rings. The minimum Gasteiger partial charge on any atom is -0.372 e. The van der Waals surface area contributed by atoms with Crippen molar-refractivity contribution in [1.82, 2.24) is 0 Å². The molecule has 0 saturated carbocycles. The molecular weight excluding hydrogens is 256 g/mol. The molecule has 0 bridgehead atoms. The third-order valence-corrected chi connectivity index (χ3v) is 3.72. The van der Waals surface area contributed by atoms with Gasteiger partial charge in [-0.1, -0.05) is 5.11 Å². The maximum absolute atomic E-state index is 8.06. The Balaban J connectivity index is 0.000000204. The van der Waals surface area contributed by atoms with Crippen LogP contribution in [0.3, 0.4) is 0 Å². The minimum absolute atomic E-state index is 0.0182. The second-order valence-corrected chi connectivity index (χ2v) is 6.73. The fourth-order valence-electron chi connectivity index (χ4n) is 2.58. The molecule has 2 heterocycles. The van der Waals surface area contributed by atoms with Gasteiger partial charge < -0.3 is 15.2 Å². The quantitative estimate of drug-likeness (QED) is 0.490. The third-order valence-electron chi connectivity index (χ3n) is 3.72. The molecule has 2 saturated heterocycles. The second kappa shape index (κ2) is 7.27. The third kappa shape index (κ3) is 6.09. The topological polar surface area (TPSA) is 93.2 Å². The van der Waals surface area contributed by atoms with E-state index in [9.17, 15) is 0 Å². The molecule has 0 radical (unpaired) electrons. The average Bonchev–Trinajstić information content (AvgIpc) is 2.89. The number of azide groups is 1. The van der Waals surface area contributed by atoms with Crippen LogP contribution in [0.25, 0.3) is 10.4 Å². The maximum atomic E-state index is 8.06. The van der Waals surface area contributed by atoms with Gasteiger partial charge in [0.05, 0.1) is 30.0 Å². The van der Waals surface area contributed by atoms with Gasteiger partial charge in [0.1, 0.15) is 0 Å². The van der Waals surface area contributed by atoms with Crippen LogP contribution in [0.15, 0.2) is 5.11 Å². The Morgan fingerprint density at radius 1 is 1.10 bits per heavy atom. The molecule has 2 unspecified atom stereocenters. The molecule has 2 aliphatic heterocycles. The molecule has 2 fully saturated rings. The number of nitrogens with zero attached hydrogens (tertiary/aromatic N) is 3. The Hall–Kier alpha value is -0.810. The van der Waals surface area contributed by atoms with E-state index in [0.717, 1.165) is 25.7 Å². The van der Waals surface area contributed by atoms with Gasteiger partial charge in [-0.25, -0.2) is 0 Å². The van der Waals surface area contributed by atoms with E-state index in [1.54, 1.807) is 0 Å². The first kappa shape index (κ1) is 17.2. The van der Waals surface area contributed by atoms with Crippen molar-refractivity contribution in [3.8, 4) is 0 Å². The average molecular weight is 284 g/mol. The smallest absolute Gasteiger partial charge is 0.0705 e. The van der Waals surface area contributed by atoms with Crippen LogP contribution in [0, 0.1) is 0 Å². The van der Waals surface area contributed by atoms with Gasteiger partial charge in [0.2, 0.25) is 0 Å². The summed E-state index contributed by atoms with van der Waals surface area (Å²) < 4.78 is 11.2. The van der Waals surface area contributed by atoms with E-state index in [1.165, 1.54) is 0 Å². The Morgan fingerprint density at radius 2 is 1.60 bits per heavy atom. The van der Waals surface area contributed by atoms with E-state index in [4.69, 9.17) is 20.7 Å². The highest BCUT2D eigenvalue weighted by atomic mass is 16.5. The summed E-state index contributed by atoms with van der Waals surface area (Å²) in [4.78, 5) is 2.69. The Morgan fingerprint density at radius 3 is 1.90 bits per heavy atom. The lowest BCUT2D eigenvalue weighted by Crippen LogP contribution is -2.24. The number of ether oxygens (including phenoxy) is 2. The summed E-state index contributed by atoms with van der Waals surface area (Å²) in [7, 11) is 0. The maximum Gasteiger partial charge on any atom is 0.0705 e. The molecule has 0 spiro atoms. The van der Waals surface area contributed by atoms with Crippen molar-refractivity contribution in [2.75, 3.05) is 13.1 Å². The molecule has 0 aliphatic carbocycles. The van der Waals surface area contributed by atoms with Crippen molar-refractivity contribution >= 4 is 0 Å². The van der Waals surface area contributed by atoms with Crippen LogP contribution in [-0.4, -0.2) is 36.5 Å². The van der Waals surface area contributed by atoms with Crippen LogP contribution in [0.1, 0.15) is 53.4 Å². The molecule has 6 heteroatoms. The van der Waals surface area contributed by atoms with E-state index in [2.05, 4.69) is 37.7 Å². The van der Waals surface area contributed by atoms with Gasteiger partial charge in [-0.3, -0.25) is 0 Å². The Kier molecular flexibility index (Phi) is 6.27. The molecule has 20 heavy (non-hydrogen) atoms. The standard InChI is InChI=1S/C7H13N3O.C7H15NO/c1-7(2)4-3-6(11-7)5-9-10-8;1-7(2)4-3-6(5-8)9-7/h6H,3-5H2,1-2H3;6H,3-5,8H2,1-2H3. The SMILES string of the molecule is CC1(C)CCC(CN)O1.CC1(C)CCC(CN=[N+]=[N-])O1. The van der Waals surface area contributed by atoms with E-state index < -0.39 is 0 Å². The van der Waals surface area contributed by atoms with Gasteiger partial charge >= 0.3 is 0 Å². The molecule has 2 atom stereocenters. The lowest BCUT2D eigenvalue weighted by molar-refractivity contribution is -0.0111. The van der Waals surface area contributed by atoms with Crippen molar-refractivity contribution < 1.29 is 9.47 Å². The first-order chi connectivity index (χ1) is 9.28. The van der Waals surface area contributed by atoms with Crippen LogP contribution < -0.4 is 5.73 Å². The summed E-state index contributed by atoms with van der Waals surface area (Å²) in [5.41, 5.74) is 13.6. The molecule has 2 N–H and O–H groups in total. The summed E-state index contributed by atoms with van der Waals surface area (Å²) >= 11 is 0. The molecule has 2 rings (SSSR count). The number of hydrogen-bond donors (Lipinski definition) is 1. The zero-order chi connectivity index (χ0) is 15.2. The van der Waals surface area contributed by atoms with Crippen molar-refractivity contribution in [3.63, 3.8) is 0 Å². The molecule has 116 valence electrons. The fraction of sp³-hybridized carbons (Fsp3) is 1.00. The normalized spacial score (nSPS) is 30.2. The molecule has 2 aliphatic rings. The number of nitrogens with two attached hydrogens (primary N) is 1. The van der Waals surface area contributed by atoms with Gasteiger partial charge in [0, 0.05) is 11.5 Å². The summed E-state index contributed by atoms with van der Waals surface area (Å²) in [6, 6.07) is 0. The number of rotatable bonds is 3. The van der Waals surface area contributed by atoms with Crippen LogP contribution >= 0.6 is 0 Å². The van der Waals surface area contributed by atoms with Crippen molar-refractivity contribution in [2.45, 2.75) is 76.8 Å². The zero-order valence-electron chi connectivity index (χ0n) is 13.1. The van der Waals surface area contributed by atoms with Gasteiger partial charge in [0.25, 0.3) is 0 Å². The van der Waals surface area contributed by atoms with Crippen LogP contribution in [0.5, 0.6) is 0 Å². The van der Waals surface area contributed by atoms with Gasteiger partial charge in [-0.05, 0) is 58.9 Å². The summed E-state index contributed by atoms with van der Waals surface area (Å²) in [5.74, 6) is 0. The summed E-state index contributed by atoms with van der Waals surface area (Å²) in [6.45, 7) is 9.49. The van der Waals surface area contributed by atoms with Crippen molar-refractivity contribution in [2.24, 2.45) is 10.8 Å². The summed E-state index contributed by atoms with van der Waals surface area (Å²) in [5, 5.41) is 3.47. The highest BCUT2D eigenvalue weighted by Crippen LogP contribution is 2.29.